The number of anilines is 2. The Morgan fingerprint density at radius 3 is 1.90 bits per heavy atom. The molecule has 1 amide bonds. The quantitative estimate of drug-likeness (QED) is 0.255. The van der Waals surface area contributed by atoms with Crippen molar-refractivity contribution in [1.29, 1.82) is 0 Å². The number of benzene rings is 2. The molecule has 0 unspecified atom stereocenters. The predicted octanol–water partition coefficient (Wildman–Crippen LogP) is 5.49. The number of rotatable bonds is 5. The highest BCUT2D eigenvalue weighted by Gasteiger charge is 2.43. The molecule has 0 radical (unpaired) electrons. The second-order valence-corrected chi connectivity index (χ2v) is 5.94. The molecule has 0 aliphatic carbocycles. The van der Waals surface area contributed by atoms with Crippen LogP contribution in [0.5, 0.6) is 0 Å². The van der Waals surface area contributed by atoms with Crippen LogP contribution in [-0.4, -0.2) is 16.3 Å². The van der Waals surface area contributed by atoms with Gasteiger partial charge in [0, 0.05) is 11.1 Å². The normalized spacial score (nSPS) is 11.8. The van der Waals surface area contributed by atoms with E-state index in [1.807, 2.05) is 0 Å². The van der Waals surface area contributed by atoms with E-state index < -0.39 is 67.5 Å². The summed E-state index contributed by atoms with van der Waals surface area (Å²) in [5.41, 5.74) is -9.54. The van der Waals surface area contributed by atoms with Gasteiger partial charge in [0.15, 0.2) is 0 Å². The van der Waals surface area contributed by atoms with Crippen LogP contribution in [0.2, 0.25) is 5.02 Å². The van der Waals surface area contributed by atoms with E-state index in [-0.39, 0.29) is 17.0 Å². The topological polar surface area (TPSA) is 107 Å². The summed E-state index contributed by atoms with van der Waals surface area (Å²) < 4.78 is 80.6. The summed E-state index contributed by atoms with van der Waals surface area (Å²) in [5.74, 6) is 0. The molecule has 8 nitrogen and oxygen atoms in total. The van der Waals surface area contributed by atoms with E-state index in [4.69, 9.17) is 11.6 Å². The molecule has 0 saturated heterocycles. The maximum Gasteiger partial charge on any atom is 0.418 e. The summed E-state index contributed by atoms with van der Waals surface area (Å²) in [5, 5.41) is 21.7. The van der Waals surface area contributed by atoms with Crippen molar-refractivity contribution in [3.05, 3.63) is 66.7 Å². The lowest BCUT2D eigenvalue weighted by Crippen LogP contribution is -2.24. The van der Waals surface area contributed by atoms with Crippen molar-refractivity contribution in [2.45, 2.75) is 12.4 Å². The Morgan fingerprint density at radius 2 is 1.47 bits per heavy atom. The van der Waals surface area contributed by atoms with Gasteiger partial charge in [0.1, 0.15) is 5.69 Å². The first kappa shape index (κ1) is 22.9. The maximum absolute atomic E-state index is 13.5. The lowest BCUT2D eigenvalue weighted by atomic mass is 10.1. The van der Waals surface area contributed by atoms with E-state index in [2.05, 4.69) is 0 Å². The summed E-state index contributed by atoms with van der Waals surface area (Å²) in [6.45, 7) is 0. The van der Waals surface area contributed by atoms with Crippen molar-refractivity contribution in [3.8, 4) is 0 Å². The molecule has 0 aliphatic rings. The first-order valence-electron chi connectivity index (χ1n) is 7.33. The number of nitrogens with zero attached hydrogens (tertiary/aromatic N) is 3. The Hall–Kier alpha value is -3.42. The standard InChI is InChI=1S/C15H6ClF6N3O5/c16-7-1-2-9(14(17,18)19)11(3-7)23(6-26)13-10(15(20,21)22)4-8(24(27)28)5-12(13)25(29)30/h1-6H. The highest BCUT2D eigenvalue weighted by molar-refractivity contribution is 6.31. The number of halogens is 7. The minimum Gasteiger partial charge on any atom is -0.278 e. The lowest BCUT2D eigenvalue weighted by Gasteiger charge is -2.24. The Labute approximate surface area is 166 Å². The zero-order valence-corrected chi connectivity index (χ0v) is 14.7. The molecule has 0 aromatic heterocycles. The largest absolute Gasteiger partial charge is 0.418 e. The van der Waals surface area contributed by atoms with Gasteiger partial charge in [-0.1, -0.05) is 11.6 Å². The van der Waals surface area contributed by atoms with Gasteiger partial charge >= 0.3 is 18.0 Å². The molecule has 0 spiro atoms. The number of amides is 1. The number of hydrogen-bond donors (Lipinski definition) is 0. The van der Waals surface area contributed by atoms with Crippen LogP contribution in [0.4, 0.5) is 49.1 Å². The number of carbonyl (C=O) groups is 1. The van der Waals surface area contributed by atoms with Crippen molar-refractivity contribution in [2.75, 3.05) is 4.90 Å². The maximum atomic E-state index is 13.5. The number of non-ortho nitro benzene ring substituents is 1. The summed E-state index contributed by atoms with van der Waals surface area (Å²) >= 11 is 5.60. The van der Waals surface area contributed by atoms with Gasteiger partial charge in [0.05, 0.1) is 32.7 Å². The fourth-order valence-corrected chi connectivity index (χ4v) is 2.66. The van der Waals surface area contributed by atoms with Gasteiger partial charge in [-0.05, 0) is 18.2 Å². The van der Waals surface area contributed by atoms with Gasteiger partial charge in [-0.15, -0.1) is 0 Å². The van der Waals surface area contributed by atoms with Crippen LogP contribution in [0, 0.1) is 20.2 Å². The van der Waals surface area contributed by atoms with Gasteiger partial charge in [0.2, 0.25) is 6.41 Å². The minimum absolute atomic E-state index is 0.0961. The van der Waals surface area contributed by atoms with E-state index in [0.29, 0.717) is 12.1 Å². The fraction of sp³-hybridized carbons (Fsp3) is 0.133. The summed E-state index contributed by atoms with van der Waals surface area (Å²) in [7, 11) is 0. The van der Waals surface area contributed by atoms with E-state index in [9.17, 15) is 51.4 Å². The third-order valence-electron chi connectivity index (χ3n) is 3.66. The summed E-state index contributed by atoms with van der Waals surface area (Å²) in [4.78, 5) is 30.6. The predicted molar refractivity (Wildman–Crippen MR) is 89.4 cm³/mol. The van der Waals surface area contributed by atoms with Crippen LogP contribution in [0.25, 0.3) is 0 Å². The molecular formula is C15H6ClF6N3O5. The fourth-order valence-electron chi connectivity index (χ4n) is 2.49. The third-order valence-corrected chi connectivity index (χ3v) is 3.89. The summed E-state index contributed by atoms with van der Waals surface area (Å²) in [6, 6.07) is 1.55. The first-order valence-corrected chi connectivity index (χ1v) is 7.71. The number of nitro groups is 2. The van der Waals surface area contributed by atoms with Crippen molar-refractivity contribution in [1.82, 2.24) is 0 Å². The zero-order chi connectivity index (χ0) is 23.0. The highest BCUT2D eigenvalue weighted by Crippen LogP contribution is 2.48. The molecule has 15 heteroatoms. The molecule has 0 saturated carbocycles. The smallest absolute Gasteiger partial charge is 0.278 e. The molecule has 0 atom stereocenters. The minimum atomic E-state index is -5.51. The molecule has 30 heavy (non-hydrogen) atoms. The molecule has 160 valence electrons. The molecule has 0 aliphatic heterocycles. The molecular weight excluding hydrogens is 452 g/mol. The number of carbonyl (C=O) groups excluding carboxylic acids is 1. The Balaban J connectivity index is 3.01. The number of nitro benzene ring substituents is 2. The molecule has 0 bridgehead atoms. The molecule has 0 N–H and O–H groups in total. The van der Waals surface area contributed by atoms with Crippen LogP contribution in [-0.2, 0) is 17.1 Å². The average Bonchev–Trinajstić information content (AvgIpc) is 2.60. The van der Waals surface area contributed by atoms with E-state index in [0.717, 1.165) is 6.07 Å². The van der Waals surface area contributed by atoms with Crippen molar-refractivity contribution >= 4 is 40.8 Å². The van der Waals surface area contributed by atoms with Crippen LogP contribution in [0.15, 0.2) is 30.3 Å². The zero-order valence-electron chi connectivity index (χ0n) is 14.0. The van der Waals surface area contributed by atoms with E-state index in [1.54, 1.807) is 0 Å². The van der Waals surface area contributed by atoms with Gasteiger partial charge in [-0.25, -0.2) is 0 Å². The molecule has 2 rings (SSSR count). The van der Waals surface area contributed by atoms with Crippen LogP contribution in [0.3, 0.4) is 0 Å². The molecule has 2 aromatic rings. The third kappa shape index (κ3) is 4.42. The van der Waals surface area contributed by atoms with Gasteiger partial charge in [0.25, 0.3) is 5.69 Å². The van der Waals surface area contributed by atoms with Crippen LogP contribution >= 0.6 is 11.6 Å². The Kier molecular flexibility index (Phi) is 5.93. The monoisotopic (exact) mass is 457 g/mol. The van der Waals surface area contributed by atoms with E-state index >= 15 is 0 Å². The SMILES string of the molecule is O=CN(c1cc(Cl)ccc1C(F)(F)F)c1c([N+](=O)[O-])cc([N+](=O)[O-])cc1C(F)(F)F. The molecule has 2 aromatic carbocycles. The first-order chi connectivity index (χ1) is 13.7. The van der Waals surface area contributed by atoms with Crippen molar-refractivity contribution in [2.24, 2.45) is 0 Å². The molecule has 0 fully saturated rings. The van der Waals surface area contributed by atoms with Crippen LogP contribution < -0.4 is 4.90 Å². The molecule has 0 heterocycles. The van der Waals surface area contributed by atoms with Gasteiger partial charge in [-0.3, -0.25) is 29.9 Å². The van der Waals surface area contributed by atoms with E-state index in [1.165, 1.54) is 0 Å². The van der Waals surface area contributed by atoms with Crippen molar-refractivity contribution < 1.29 is 41.0 Å². The Morgan fingerprint density at radius 1 is 0.900 bits per heavy atom. The average molecular weight is 458 g/mol. The Bertz CT molecular complexity index is 1040. The number of hydrogen-bond acceptors (Lipinski definition) is 5. The van der Waals surface area contributed by atoms with Gasteiger partial charge in [-0.2, -0.15) is 26.3 Å². The second-order valence-electron chi connectivity index (χ2n) is 5.51. The highest BCUT2D eigenvalue weighted by atomic mass is 35.5. The van der Waals surface area contributed by atoms with Crippen LogP contribution in [0.1, 0.15) is 11.1 Å². The lowest BCUT2D eigenvalue weighted by molar-refractivity contribution is -0.394. The number of alkyl halides is 6. The van der Waals surface area contributed by atoms with Crippen molar-refractivity contribution in [3.63, 3.8) is 0 Å². The second kappa shape index (κ2) is 7.78. The summed E-state index contributed by atoms with van der Waals surface area (Å²) in [6.07, 6.45) is -11.2. The van der Waals surface area contributed by atoms with Gasteiger partial charge < -0.3 is 0 Å².